The van der Waals surface area contributed by atoms with Crippen LogP contribution in [-0.2, 0) is 9.53 Å². The standard InChI is InChI=1S/C20H29FN4O2S/c1-3-24-11-8-16-18(20(24)26)15-4-5-17(22-19(15)23(16)2)25-9-6-14(7-10-25)27-12-13-28-21/h4-5,14,16,18H,3,6-13H2,1-2H3. The molecule has 1 aromatic heterocycles. The van der Waals surface area contributed by atoms with Gasteiger partial charge in [-0.05, 0) is 32.3 Å². The normalized spacial score (nSPS) is 25.2. The molecular formula is C20H29FN4O2S. The van der Waals surface area contributed by atoms with Gasteiger partial charge in [-0.3, -0.25) is 4.79 Å². The van der Waals surface area contributed by atoms with Gasteiger partial charge in [0.25, 0.3) is 0 Å². The Morgan fingerprint density at radius 2 is 2.04 bits per heavy atom. The molecular weight excluding hydrogens is 379 g/mol. The van der Waals surface area contributed by atoms with Crippen LogP contribution >= 0.6 is 12.1 Å². The van der Waals surface area contributed by atoms with Crippen LogP contribution in [0.1, 0.15) is 37.7 Å². The van der Waals surface area contributed by atoms with Gasteiger partial charge in [0.15, 0.2) is 0 Å². The predicted molar refractivity (Wildman–Crippen MR) is 111 cm³/mol. The smallest absolute Gasteiger partial charge is 0.232 e. The number of likely N-dealkylation sites (N-methyl/N-ethyl adjacent to an activating group) is 2. The Labute approximate surface area is 170 Å². The van der Waals surface area contributed by atoms with Gasteiger partial charge in [0, 0.05) is 62.7 Å². The predicted octanol–water partition coefficient (Wildman–Crippen LogP) is 2.84. The number of fused-ring (bicyclic) bond motifs is 3. The number of anilines is 2. The molecule has 1 amide bonds. The molecule has 6 nitrogen and oxygen atoms in total. The van der Waals surface area contributed by atoms with Gasteiger partial charge in [-0.1, -0.05) is 6.07 Å². The molecule has 1 aromatic rings. The van der Waals surface area contributed by atoms with Crippen molar-refractivity contribution >= 4 is 29.7 Å². The average molecular weight is 409 g/mol. The molecule has 3 aliphatic rings. The van der Waals surface area contributed by atoms with Crippen molar-refractivity contribution in [1.82, 2.24) is 9.88 Å². The fourth-order valence-electron chi connectivity index (χ4n) is 4.80. The molecule has 2 saturated heterocycles. The van der Waals surface area contributed by atoms with E-state index in [1.165, 1.54) is 0 Å². The number of hydrogen-bond acceptors (Lipinski definition) is 6. The number of pyridine rings is 1. The fraction of sp³-hybridized carbons (Fsp3) is 0.700. The Bertz CT molecular complexity index is 713. The maximum atomic E-state index is 12.9. The van der Waals surface area contributed by atoms with Crippen LogP contribution in [-0.4, -0.2) is 73.5 Å². The van der Waals surface area contributed by atoms with Crippen molar-refractivity contribution in [2.75, 3.05) is 55.4 Å². The molecule has 28 heavy (non-hydrogen) atoms. The quantitative estimate of drug-likeness (QED) is 0.675. The van der Waals surface area contributed by atoms with Crippen LogP contribution in [0.25, 0.3) is 0 Å². The molecule has 0 aromatic carbocycles. The van der Waals surface area contributed by atoms with Gasteiger partial charge in [-0.15, -0.1) is 0 Å². The zero-order valence-corrected chi connectivity index (χ0v) is 17.5. The minimum atomic E-state index is -0.0808. The molecule has 2 atom stereocenters. The van der Waals surface area contributed by atoms with Crippen molar-refractivity contribution in [2.45, 2.75) is 44.2 Å². The van der Waals surface area contributed by atoms with Crippen molar-refractivity contribution in [1.29, 1.82) is 0 Å². The number of halogens is 1. The number of carbonyl (C=O) groups excluding carboxylic acids is 1. The number of amides is 1. The van der Waals surface area contributed by atoms with Gasteiger partial charge in [0.2, 0.25) is 5.91 Å². The highest BCUT2D eigenvalue weighted by molar-refractivity contribution is 7.94. The second-order valence-corrected chi connectivity index (χ2v) is 8.44. The zero-order valence-electron chi connectivity index (χ0n) is 16.6. The lowest BCUT2D eigenvalue weighted by Crippen LogP contribution is -2.48. The topological polar surface area (TPSA) is 48.9 Å². The van der Waals surface area contributed by atoms with E-state index in [2.05, 4.69) is 29.0 Å². The summed E-state index contributed by atoms with van der Waals surface area (Å²) in [7, 11) is 2.07. The molecule has 0 bridgehead atoms. The molecule has 4 heterocycles. The van der Waals surface area contributed by atoms with E-state index in [0.717, 1.165) is 62.6 Å². The molecule has 154 valence electrons. The summed E-state index contributed by atoms with van der Waals surface area (Å²) < 4.78 is 17.9. The summed E-state index contributed by atoms with van der Waals surface area (Å²) >= 11 is 0.332. The summed E-state index contributed by atoms with van der Waals surface area (Å²) in [6.07, 6.45) is 3.06. The van der Waals surface area contributed by atoms with Crippen molar-refractivity contribution in [3.05, 3.63) is 17.7 Å². The lowest BCUT2D eigenvalue weighted by atomic mass is 9.88. The Morgan fingerprint density at radius 1 is 1.25 bits per heavy atom. The van der Waals surface area contributed by atoms with E-state index >= 15 is 0 Å². The van der Waals surface area contributed by atoms with Crippen LogP contribution in [0.5, 0.6) is 0 Å². The van der Waals surface area contributed by atoms with Gasteiger partial charge in [0.1, 0.15) is 11.6 Å². The number of aromatic nitrogens is 1. The first-order valence-corrected chi connectivity index (χ1v) is 11.1. The van der Waals surface area contributed by atoms with Crippen LogP contribution < -0.4 is 9.80 Å². The Morgan fingerprint density at radius 3 is 2.75 bits per heavy atom. The summed E-state index contributed by atoms with van der Waals surface area (Å²) in [6.45, 7) is 5.89. The van der Waals surface area contributed by atoms with Gasteiger partial charge in [0.05, 0.1) is 18.6 Å². The van der Waals surface area contributed by atoms with Crippen LogP contribution in [0.3, 0.4) is 0 Å². The molecule has 0 saturated carbocycles. The monoisotopic (exact) mass is 408 g/mol. The fourth-order valence-corrected chi connectivity index (χ4v) is 4.96. The van der Waals surface area contributed by atoms with E-state index in [0.29, 0.717) is 24.5 Å². The van der Waals surface area contributed by atoms with Crippen LogP contribution in [0, 0.1) is 0 Å². The molecule has 0 N–H and O–H groups in total. The molecule has 4 rings (SSSR count). The first-order valence-electron chi connectivity index (χ1n) is 10.3. The van der Waals surface area contributed by atoms with E-state index in [1.54, 1.807) is 0 Å². The van der Waals surface area contributed by atoms with Gasteiger partial charge < -0.3 is 19.4 Å². The number of nitrogens with zero attached hydrogens (tertiary/aromatic N) is 4. The molecule has 0 spiro atoms. The summed E-state index contributed by atoms with van der Waals surface area (Å²) in [6, 6.07) is 4.39. The highest BCUT2D eigenvalue weighted by Crippen LogP contribution is 2.44. The molecule has 0 radical (unpaired) electrons. The highest BCUT2D eigenvalue weighted by Gasteiger charge is 2.46. The number of carbonyl (C=O) groups is 1. The molecule has 0 aliphatic carbocycles. The van der Waals surface area contributed by atoms with E-state index in [1.807, 2.05) is 11.8 Å². The third-order valence-electron chi connectivity index (χ3n) is 6.38. The minimum Gasteiger partial charge on any atom is -0.377 e. The van der Waals surface area contributed by atoms with Gasteiger partial charge >= 0.3 is 0 Å². The highest BCUT2D eigenvalue weighted by atomic mass is 32.2. The van der Waals surface area contributed by atoms with E-state index < -0.39 is 0 Å². The third-order valence-corrected chi connectivity index (χ3v) is 6.70. The van der Waals surface area contributed by atoms with E-state index in [4.69, 9.17) is 9.72 Å². The van der Waals surface area contributed by atoms with Gasteiger partial charge in [-0.25, -0.2) is 4.98 Å². The third kappa shape index (κ3) is 3.56. The molecule has 8 heteroatoms. The molecule has 2 unspecified atom stereocenters. The second-order valence-electron chi connectivity index (χ2n) is 7.82. The molecule has 2 fully saturated rings. The number of likely N-dealkylation sites (tertiary alicyclic amines) is 1. The Hall–Kier alpha value is -1.54. The first-order chi connectivity index (χ1) is 13.6. The number of hydrogen-bond donors (Lipinski definition) is 0. The van der Waals surface area contributed by atoms with E-state index in [9.17, 15) is 8.68 Å². The van der Waals surface area contributed by atoms with Gasteiger partial charge in [-0.2, -0.15) is 3.89 Å². The Balaban J connectivity index is 1.46. The lowest BCUT2D eigenvalue weighted by molar-refractivity contribution is -0.135. The van der Waals surface area contributed by atoms with E-state index in [-0.39, 0.29) is 24.0 Å². The van der Waals surface area contributed by atoms with Crippen molar-refractivity contribution in [3.8, 4) is 0 Å². The number of piperidine rings is 2. The minimum absolute atomic E-state index is 0.0808. The largest absolute Gasteiger partial charge is 0.377 e. The number of ether oxygens (including phenoxy) is 1. The Kier molecular flexibility index (Phi) is 5.96. The van der Waals surface area contributed by atoms with Crippen molar-refractivity contribution in [3.63, 3.8) is 0 Å². The zero-order chi connectivity index (χ0) is 19.7. The lowest BCUT2D eigenvalue weighted by Gasteiger charge is -2.36. The summed E-state index contributed by atoms with van der Waals surface area (Å²) in [5.41, 5.74) is 1.07. The molecule has 3 aliphatic heterocycles. The SMILES string of the molecule is CCN1CCC2C(C1=O)c1ccc(N3CCC(OCCSF)CC3)nc1N2C. The second kappa shape index (κ2) is 8.45. The summed E-state index contributed by atoms with van der Waals surface area (Å²) in [5, 5.41) is 0. The van der Waals surface area contributed by atoms with Crippen molar-refractivity contribution < 1.29 is 13.4 Å². The summed E-state index contributed by atoms with van der Waals surface area (Å²) in [5.74, 6) is 2.49. The van der Waals surface area contributed by atoms with Crippen LogP contribution in [0.2, 0.25) is 0 Å². The maximum absolute atomic E-state index is 12.9. The summed E-state index contributed by atoms with van der Waals surface area (Å²) in [4.78, 5) is 24.3. The number of rotatable bonds is 6. The average Bonchev–Trinajstić information content (AvgIpc) is 3.01. The van der Waals surface area contributed by atoms with Crippen LogP contribution in [0.15, 0.2) is 12.1 Å². The maximum Gasteiger partial charge on any atom is 0.232 e. The first kappa shape index (κ1) is 19.8. The van der Waals surface area contributed by atoms with Crippen LogP contribution in [0.4, 0.5) is 15.5 Å². The van der Waals surface area contributed by atoms with Crippen molar-refractivity contribution in [2.24, 2.45) is 0 Å².